The molecule has 32 heavy (non-hydrogen) atoms. The molecule has 1 spiro atoms. The molecule has 0 radical (unpaired) electrons. The number of rotatable bonds is 3. The van der Waals surface area contributed by atoms with Crippen molar-refractivity contribution in [2.75, 3.05) is 17.2 Å². The number of hydrogen-bond acceptors (Lipinski definition) is 3. The van der Waals surface area contributed by atoms with Crippen LogP contribution in [-0.4, -0.2) is 29.0 Å². The second-order valence-electron chi connectivity index (χ2n) is 7.93. The van der Waals surface area contributed by atoms with Crippen LogP contribution in [0.2, 0.25) is 0 Å². The summed E-state index contributed by atoms with van der Waals surface area (Å²) >= 11 is 1.36. The third kappa shape index (κ3) is 3.03. The molecule has 0 N–H and O–H groups in total. The number of carbonyl (C=O) groups is 2. The molecule has 1 fully saturated rings. The first-order valence-electron chi connectivity index (χ1n) is 10.3. The number of nitrogens with zero attached hydrogens (tertiary/aromatic N) is 2. The number of aryl methyl sites for hydroxylation is 1. The third-order valence-corrected chi connectivity index (χ3v) is 7.40. The Labute approximate surface area is 188 Å². The summed E-state index contributed by atoms with van der Waals surface area (Å²) in [5.74, 6) is -1.32. The summed E-state index contributed by atoms with van der Waals surface area (Å²) in [7, 11) is 0. The van der Waals surface area contributed by atoms with Crippen LogP contribution in [0.3, 0.4) is 0 Å². The maximum atomic E-state index is 14.4. The monoisotopic (exact) mass is 450 g/mol. The molecule has 1 atom stereocenters. The van der Waals surface area contributed by atoms with Crippen molar-refractivity contribution in [2.45, 2.75) is 18.3 Å². The second-order valence-corrected chi connectivity index (χ2v) is 9.22. The number of fused-ring (bicyclic) bond motifs is 2. The lowest BCUT2D eigenvalue weighted by Crippen LogP contribution is -2.50. The van der Waals surface area contributed by atoms with E-state index >= 15 is 0 Å². The van der Waals surface area contributed by atoms with Crippen LogP contribution in [0.1, 0.15) is 27.0 Å². The topological polar surface area (TPSA) is 40.6 Å². The molecule has 0 aromatic heterocycles. The number of amides is 2. The van der Waals surface area contributed by atoms with Gasteiger partial charge in [0.2, 0.25) is 0 Å². The maximum Gasteiger partial charge on any atom is 0.268 e. The Bertz CT molecular complexity index is 1250. The highest BCUT2D eigenvalue weighted by Crippen LogP contribution is 2.55. The molecule has 1 saturated heterocycles. The molecule has 162 valence electrons. The van der Waals surface area contributed by atoms with Gasteiger partial charge in [-0.25, -0.2) is 8.78 Å². The first kappa shape index (κ1) is 20.7. The highest BCUT2D eigenvalue weighted by molar-refractivity contribution is 8.01. The number of halogens is 2. The zero-order chi connectivity index (χ0) is 22.5. The Kier molecular flexibility index (Phi) is 5.01. The van der Waals surface area contributed by atoms with Crippen molar-refractivity contribution in [1.29, 1.82) is 0 Å². The average Bonchev–Trinajstić information content (AvgIpc) is 3.32. The second kappa shape index (κ2) is 7.74. The van der Waals surface area contributed by atoms with E-state index in [1.54, 1.807) is 24.3 Å². The lowest BCUT2D eigenvalue weighted by molar-refractivity contribution is -0.123. The molecule has 3 aromatic rings. The van der Waals surface area contributed by atoms with Gasteiger partial charge in [-0.1, -0.05) is 48.0 Å². The lowest BCUT2D eigenvalue weighted by atomic mass is 10.0. The van der Waals surface area contributed by atoms with Gasteiger partial charge >= 0.3 is 0 Å². The van der Waals surface area contributed by atoms with Crippen molar-refractivity contribution in [1.82, 2.24) is 4.90 Å². The van der Waals surface area contributed by atoms with Crippen LogP contribution < -0.4 is 4.90 Å². The van der Waals surface area contributed by atoms with Crippen molar-refractivity contribution in [3.63, 3.8) is 0 Å². The summed E-state index contributed by atoms with van der Waals surface area (Å²) in [4.78, 5) is 29.1. The van der Waals surface area contributed by atoms with Crippen LogP contribution in [0, 0.1) is 18.6 Å². The summed E-state index contributed by atoms with van der Waals surface area (Å²) < 4.78 is 28.8. The predicted octanol–water partition coefficient (Wildman–Crippen LogP) is 4.86. The van der Waals surface area contributed by atoms with Gasteiger partial charge < -0.3 is 9.80 Å². The van der Waals surface area contributed by atoms with Crippen LogP contribution in [0.4, 0.5) is 14.5 Å². The molecule has 0 aliphatic carbocycles. The van der Waals surface area contributed by atoms with E-state index in [2.05, 4.69) is 0 Å². The fraction of sp³-hybridized carbons (Fsp3) is 0.200. The van der Waals surface area contributed by atoms with E-state index in [4.69, 9.17) is 0 Å². The molecule has 4 nitrogen and oxygen atoms in total. The molecule has 2 amide bonds. The van der Waals surface area contributed by atoms with Crippen molar-refractivity contribution in [3.05, 3.63) is 101 Å². The van der Waals surface area contributed by atoms with Crippen LogP contribution >= 0.6 is 11.8 Å². The number of hydrogen-bond donors (Lipinski definition) is 0. The molecule has 2 aliphatic rings. The van der Waals surface area contributed by atoms with Gasteiger partial charge in [-0.15, -0.1) is 11.8 Å². The summed E-state index contributed by atoms with van der Waals surface area (Å²) in [6.45, 7) is 2.27. The number of thioether (sulfide) groups is 1. The molecule has 0 saturated carbocycles. The van der Waals surface area contributed by atoms with E-state index in [0.717, 1.165) is 5.56 Å². The Morgan fingerprint density at radius 1 is 1.03 bits per heavy atom. The van der Waals surface area contributed by atoms with Crippen LogP contribution in [-0.2, 0) is 16.2 Å². The zero-order valence-electron chi connectivity index (χ0n) is 17.3. The zero-order valence-corrected chi connectivity index (χ0v) is 18.2. The van der Waals surface area contributed by atoms with E-state index in [0.29, 0.717) is 29.1 Å². The van der Waals surface area contributed by atoms with Crippen LogP contribution in [0.15, 0.2) is 66.7 Å². The average molecular weight is 451 g/mol. The maximum absolute atomic E-state index is 14.4. The van der Waals surface area contributed by atoms with Crippen molar-refractivity contribution < 1.29 is 18.4 Å². The van der Waals surface area contributed by atoms with E-state index in [-0.39, 0.29) is 18.0 Å². The van der Waals surface area contributed by atoms with Gasteiger partial charge in [-0.05, 0) is 31.2 Å². The molecule has 7 heteroatoms. The number of benzene rings is 3. The lowest BCUT2D eigenvalue weighted by Gasteiger charge is -2.33. The van der Waals surface area contributed by atoms with Gasteiger partial charge in [0.25, 0.3) is 11.8 Å². The van der Waals surface area contributed by atoms with Crippen molar-refractivity contribution in [3.8, 4) is 0 Å². The minimum atomic E-state index is -1.30. The van der Waals surface area contributed by atoms with E-state index in [9.17, 15) is 18.4 Å². The first-order valence-corrected chi connectivity index (χ1v) is 11.3. The quantitative estimate of drug-likeness (QED) is 0.572. The van der Waals surface area contributed by atoms with Crippen LogP contribution in [0.25, 0.3) is 0 Å². The molecule has 2 heterocycles. The Hall–Kier alpha value is -3.19. The Morgan fingerprint density at radius 3 is 2.50 bits per heavy atom. The predicted molar refractivity (Wildman–Crippen MR) is 120 cm³/mol. The number of anilines is 1. The first-order chi connectivity index (χ1) is 15.4. The number of carbonyl (C=O) groups excluding carboxylic acids is 2. The normalized spacial score (nSPS) is 19.7. The summed E-state index contributed by atoms with van der Waals surface area (Å²) in [5, 5.41) is 0. The summed E-state index contributed by atoms with van der Waals surface area (Å²) in [6.07, 6.45) is 0. The highest BCUT2D eigenvalue weighted by Gasteiger charge is 2.59. The molecule has 0 bridgehead atoms. The van der Waals surface area contributed by atoms with Crippen molar-refractivity contribution >= 4 is 29.3 Å². The van der Waals surface area contributed by atoms with E-state index in [1.807, 2.05) is 25.1 Å². The van der Waals surface area contributed by atoms with Crippen LogP contribution in [0.5, 0.6) is 0 Å². The van der Waals surface area contributed by atoms with Gasteiger partial charge in [0, 0.05) is 23.4 Å². The highest BCUT2D eigenvalue weighted by atomic mass is 32.2. The van der Waals surface area contributed by atoms with Gasteiger partial charge in [0.1, 0.15) is 11.6 Å². The fourth-order valence-corrected chi connectivity index (χ4v) is 5.92. The van der Waals surface area contributed by atoms with Gasteiger partial charge in [-0.3, -0.25) is 9.59 Å². The minimum absolute atomic E-state index is 0.0472. The minimum Gasteiger partial charge on any atom is -0.311 e. The SMILES string of the molecule is Cc1ccc2c(c1)[C@]1(SCCN1C(=O)c1ccccc1F)C(=O)N2Cc1ccccc1F. The smallest absolute Gasteiger partial charge is 0.268 e. The Morgan fingerprint density at radius 2 is 1.75 bits per heavy atom. The third-order valence-electron chi connectivity index (χ3n) is 5.98. The fourth-order valence-electron chi connectivity index (χ4n) is 4.46. The summed E-state index contributed by atoms with van der Waals surface area (Å²) in [5.41, 5.74) is 2.59. The molecule has 5 rings (SSSR count). The molecular formula is C25H20F2N2O2S. The Balaban J connectivity index is 1.63. The van der Waals surface area contributed by atoms with Gasteiger partial charge in [-0.2, -0.15) is 0 Å². The molecule has 3 aromatic carbocycles. The van der Waals surface area contributed by atoms with E-state index < -0.39 is 22.4 Å². The van der Waals surface area contributed by atoms with Crippen molar-refractivity contribution in [2.24, 2.45) is 0 Å². The molecule has 2 aliphatic heterocycles. The van der Waals surface area contributed by atoms with Gasteiger partial charge in [0.15, 0.2) is 4.87 Å². The standard InChI is InChI=1S/C25H20F2N2O2S/c1-16-10-11-22-19(14-16)25(24(31)28(22)15-17-6-2-4-8-20(17)26)29(12-13-32-25)23(30)18-7-3-5-9-21(18)27/h2-11,14H,12-13,15H2,1H3/t25-/m0/s1. The van der Waals surface area contributed by atoms with E-state index in [1.165, 1.54) is 45.8 Å². The molecule has 0 unspecified atom stereocenters. The summed E-state index contributed by atoms with van der Waals surface area (Å²) in [6, 6.07) is 17.8. The molecular weight excluding hydrogens is 430 g/mol. The van der Waals surface area contributed by atoms with Gasteiger partial charge in [0.05, 0.1) is 17.8 Å². The largest absolute Gasteiger partial charge is 0.311 e.